The lowest BCUT2D eigenvalue weighted by atomic mass is 10.2. The van der Waals surface area contributed by atoms with Crippen molar-refractivity contribution in [1.29, 1.82) is 0 Å². The Bertz CT molecular complexity index is 528. The van der Waals surface area contributed by atoms with E-state index in [0.29, 0.717) is 0 Å². The lowest BCUT2D eigenvalue weighted by molar-refractivity contribution is -0.186. The summed E-state index contributed by atoms with van der Waals surface area (Å²) in [6.45, 7) is 19.8. The van der Waals surface area contributed by atoms with E-state index >= 15 is 0 Å². The Balaban J connectivity index is 5.46. The first-order valence-corrected chi connectivity index (χ1v) is 10.2. The van der Waals surface area contributed by atoms with Gasteiger partial charge in [0.2, 0.25) is 0 Å². The molecule has 0 aromatic rings. The monoisotopic (exact) mass is 449 g/mol. The lowest BCUT2D eigenvalue weighted by Gasteiger charge is -2.37. The summed E-state index contributed by atoms with van der Waals surface area (Å²) in [6.07, 6.45) is -5.78. The molecule has 182 valence electrons. The molecule has 0 saturated carbocycles. The van der Waals surface area contributed by atoms with Crippen LogP contribution in [0.5, 0.6) is 0 Å². The van der Waals surface area contributed by atoms with E-state index in [1.807, 2.05) is 0 Å². The fraction of sp³-hybridized carbons (Fsp3) is 0.857. The molecule has 0 rings (SSSR count). The highest BCUT2D eigenvalue weighted by Crippen LogP contribution is 2.20. The molecule has 10 heteroatoms. The molecular formula is C21H39NO9. The highest BCUT2D eigenvalue weighted by molar-refractivity contribution is 5.62. The van der Waals surface area contributed by atoms with E-state index in [-0.39, 0.29) is 0 Å². The van der Waals surface area contributed by atoms with Gasteiger partial charge in [0.1, 0.15) is 16.8 Å². The summed E-state index contributed by atoms with van der Waals surface area (Å²) in [5.74, 6) is 0. The van der Waals surface area contributed by atoms with Crippen LogP contribution in [0.2, 0.25) is 0 Å². The Morgan fingerprint density at radius 3 is 0.871 bits per heavy atom. The maximum absolute atomic E-state index is 12.1. The maximum atomic E-state index is 12.1. The molecule has 3 unspecified atom stereocenters. The van der Waals surface area contributed by atoms with Gasteiger partial charge in [0.15, 0.2) is 18.7 Å². The molecule has 0 saturated heterocycles. The van der Waals surface area contributed by atoms with Gasteiger partial charge in [0.05, 0.1) is 0 Å². The smallest absolute Gasteiger partial charge is 0.429 e. The Hall–Kier alpha value is -2.23. The second-order valence-corrected chi connectivity index (χ2v) is 9.99. The zero-order chi connectivity index (χ0) is 24.8. The van der Waals surface area contributed by atoms with Crippen molar-refractivity contribution in [2.24, 2.45) is 0 Å². The van der Waals surface area contributed by atoms with Crippen LogP contribution in [0.15, 0.2) is 0 Å². The predicted octanol–water partition coefficient (Wildman–Crippen LogP) is 5.18. The number of carbonyl (C=O) groups excluding carboxylic acids is 3. The zero-order valence-electron chi connectivity index (χ0n) is 20.9. The van der Waals surface area contributed by atoms with Crippen LogP contribution in [-0.2, 0) is 28.4 Å². The molecule has 0 aliphatic heterocycles. The van der Waals surface area contributed by atoms with Gasteiger partial charge in [0.25, 0.3) is 0 Å². The van der Waals surface area contributed by atoms with Crippen LogP contribution in [0.25, 0.3) is 0 Å². The summed E-state index contributed by atoms with van der Waals surface area (Å²) >= 11 is 0. The standard InChI is InChI=1S/C21H39NO9/c1-13(26-16(23)29-19(4,5)6)22(14(2)27-17(24)30-20(7,8)9)15(3)28-18(25)31-21(10,11)12/h13-15H,1-12H3. The van der Waals surface area contributed by atoms with E-state index < -0.39 is 54.0 Å². The third-order valence-electron chi connectivity index (χ3n) is 3.23. The SMILES string of the molecule is CC(OC(=O)OC(C)(C)C)N(C(C)OC(=O)OC(C)(C)C)C(C)OC(=O)OC(C)(C)C. The average molecular weight is 450 g/mol. The molecule has 0 aliphatic rings. The molecule has 0 heterocycles. The Labute approximate surface area is 185 Å². The number of ether oxygens (including phenoxy) is 6. The maximum Gasteiger partial charge on any atom is 0.510 e. The summed E-state index contributed by atoms with van der Waals surface area (Å²) in [5, 5.41) is 0. The summed E-state index contributed by atoms with van der Waals surface area (Å²) in [4.78, 5) is 37.7. The molecule has 3 atom stereocenters. The molecular weight excluding hydrogens is 410 g/mol. The molecule has 0 aromatic carbocycles. The first kappa shape index (κ1) is 28.8. The van der Waals surface area contributed by atoms with Gasteiger partial charge >= 0.3 is 18.5 Å². The van der Waals surface area contributed by atoms with Crippen molar-refractivity contribution in [3.63, 3.8) is 0 Å². The highest BCUT2D eigenvalue weighted by atomic mass is 16.8. The summed E-state index contributed by atoms with van der Waals surface area (Å²) in [6, 6.07) is 0. The van der Waals surface area contributed by atoms with E-state index in [2.05, 4.69) is 0 Å². The fourth-order valence-electron chi connectivity index (χ4n) is 2.31. The van der Waals surface area contributed by atoms with Crippen LogP contribution < -0.4 is 0 Å². The lowest BCUT2D eigenvalue weighted by Crippen LogP contribution is -2.51. The number of rotatable bonds is 6. The van der Waals surface area contributed by atoms with Crippen molar-refractivity contribution in [3.8, 4) is 0 Å². The normalized spacial score (nSPS) is 15.4. The summed E-state index contributed by atoms with van der Waals surface area (Å²) < 4.78 is 31.4. The Morgan fingerprint density at radius 1 is 0.516 bits per heavy atom. The number of nitrogens with zero attached hydrogens (tertiary/aromatic N) is 1. The van der Waals surface area contributed by atoms with Gasteiger partial charge in [-0.25, -0.2) is 14.4 Å². The van der Waals surface area contributed by atoms with Gasteiger partial charge in [-0.1, -0.05) is 0 Å². The van der Waals surface area contributed by atoms with E-state index in [1.54, 1.807) is 62.3 Å². The molecule has 0 fully saturated rings. The molecule has 0 bridgehead atoms. The number of hydrogen-bond donors (Lipinski definition) is 0. The topological polar surface area (TPSA) is 110 Å². The largest absolute Gasteiger partial charge is 0.510 e. The van der Waals surface area contributed by atoms with Gasteiger partial charge in [-0.3, -0.25) is 0 Å². The Morgan fingerprint density at radius 2 is 0.710 bits per heavy atom. The number of hydrogen-bond acceptors (Lipinski definition) is 10. The van der Waals surface area contributed by atoms with Crippen LogP contribution in [0.3, 0.4) is 0 Å². The van der Waals surface area contributed by atoms with Crippen LogP contribution >= 0.6 is 0 Å². The van der Waals surface area contributed by atoms with Crippen LogP contribution in [0, 0.1) is 0 Å². The van der Waals surface area contributed by atoms with Crippen molar-refractivity contribution < 1.29 is 42.8 Å². The van der Waals surface area contributed by atoms with Crippen molar-refractivity contribution >= 4 is 18.5 Å². The molecule has 0 N–H and O–H groups in total. The van der Waals surface area contributed by atoms with Crippen molar-refractivity contribution in [1.82, 2.24) is 4.90 Å². The average Bonchev–Trinajstić information content (AvgIpc) is 2.39. The minimum atomic E-state index is -0.996. The van der Waals surface area contributed by atoms with Crippen molar-refractivity contribution in [2.75, 3.05) is 0 Å². The van der Waals surface area contributed by atoms with E-state index in [1.165, 1.54) is 25.7 Å². The van der Waals surface area contributed by atoms with Crippen molar-refractivity contribution in [3.05, 3.63) is 0 Å². The van der Waals surface area contributed by atoms with Gasteiger partial charge in [-0.15, -0.1) is 0 Å². The third-order valence-corrected chi connectivity index (χ3v) is 3.23. The van der Waals surface area contributed by atoms with Crippen LogP contribution in [0.4, 0.5) is 14.4 Å². The molecule has 0 aromatic heterocycles. The fourth-order valence-corrected chi connectivity index (χ4v) is 2.31. The molecule has 31 heavy (non-hydrogen) atoms. The van der Waals surface area contributed by atoms with Gasteiger partial charge in [0, 0.05) is 0 Å². The van der Waals surface area contributed by atoms with Gasteiger partial charge in [-0.05, 0) is 83.1 Å². The van der Waals surface area contributed by atoms with Crippen LogP contribution in [0.1, 0.15) is 83.1 Å². The summed E-state index contributed by atoms with van der Waals surface area (Å²) in [7, 11) is 0. The quantitative estimate of drug-likeness (QED) is 0.305. The molecule has 0 spiro atoms. The second-order valence-electron chi connectivity index (χ2n) is 9.99. The van der Waals surface area contributed by atoms with Crippen LogP contribution in [-0.4, -0.2) is 58.9 Å². The molecule has 0 amide bonds. The van der Waals surface area contributed by atoms with Gasteiger partial charge < -0.3 is 28.4 Å². The Kier molecular flexibility index (Phi) is 10.1. The minimum absolute atomic E-state index is 0.765. The first-order valence-electron chi connectivity index (χ1n) is 10.2. The van der Waals surface area contributed by atoms with E-state index in [4.69, 9.17) is 28.4 Å². The number of carbonyl (C=O) groups is 3. The zero-order valence-corrected chi connectivity index (χ0v) is 20.9. The minimum Gasteiger partial charge on any atom is -0.429 e. The van der Waals surface area contributed by atoms with Crippen molar-refractivity contribution in [2.45, 2.75) is 119 Å². The highest BCUT2D eigenvalue weighted by Gasteiger charge is 2.35. The van der Waals surface area contributed by atoms with E-state index in [9.17, 15) is 14.4 Å². The first-order chi connectivity index (χ1) is 13.7. The molecule has 10 nitrogen and oxygen atoms in total. The second kappa shape index (κ2) is 10.9. The van der Waals surface area contributed by atoms with E-state index in [0.717, 1.165) is 0 Å². The van der Waals surface area contributed by atoms with Gasteiger partial charge in [-0.2, -0.15) is 4.90 Å². The molecule has 0 aliphatic carbocycles. The molecule has 0 radical (unpaired) electrons. The predicted molar refractivity (Wildman–Crippen MR) is 112 cm³/mol. The third kappa shape index (κ3) is 13.6. The summed E-state index contributed by atoms with van der Waals surface area (Å²) in [5.41, 5.74) is -2.29.